The Hall–Kier alpha value is -1.56. The van der Waals surface area contributed by atoms with Gasteiger partial charge in [0.1, 0.15) is 5.75 Å². The van der Waals surface area contributed by atoms with Crippen LogP contribution < -0.4 is 10.1 Å². The van der Waals surface area contributed by atoms with E-state index in [0.717, 1.165) is 5.75 Å². The quantitative estimate of drug-likeness (QED) is 0.908. The maximum Gasteiger partial charge on any atom is 0.228 e. The van der Waals surface area contributed by atoms with Crippen LogP contribution in [-0.4, -0.2) is 32.4 Å². The number of benzene rings is 1. The molecule has 1 N–H and O–H groups in total. The van der Waals surface area contributed by atoms with E-state index in [-0.39, 0.29) is 17.4 Å². The molecule has 5 nitrogen and oxygen atoms in total. The Morgan fingerprint density at radius 3 is 2.58 bits per heavy atom. The summed E-state index contributed by atoms with van der Waals surface area (Å²) in [6.07, 6.45) is 0.408. The lowest BCUT2D eigenvalue weighted by molar-refractivity contribution is -0.119. The van der Waals surface area contributed by atoms with Gasteiger partial charge in [-0.3, -0.25) is 4.79 Å². The first-order valence-corrected chi connectivity index (χ1v) is 8.06. The van der Waals surface area contributed by atoms with E-state index in [2.05, 4.69) is 5.32 Å². The number of anilines is 1. The first kappa shape index (κ1) is 13.9. The molecule has 19 heavy (non-hydrogen) atoms. The summed E-state index contributed by atoms with van der Waals surface area (Å²) >= 11 is 0. The Balaban J connectivity index is 1.95. The molecular weight excluding hydrogens is 266 g/mol. The van der Waals surface area contributed by atoms with Gasteiger partial charge in [-0.15, -0.1) is 0 Å². The molecule has 1 aromatic carbocycles. The summed E-state index contributed by atoms with van der Waals surface area (Å²) in [5, 5.41) is 2.73. The molecule has 1 atom stereocenters. The van der Waals surface area contributed by atoms with Crippen LogP contribution >= 0.6 is 0 Å². The second kappa shape index (κ2) is 5.61. The van der Waals surface area contributed by atoms with Crippen molar-refractivity contribution < 1.29 is 17.9 Å². The van der Waals surface area contributed by atoms with Gasteiger partial charge >= 0.3 is 0 Å². The zero-order chi connectivity index (χ0) is 13.9. The molecule has 0 saturated carbocycles. The molecule has 1 fully saturated rings. The highest BCUT2D eigenvalue weighted by atomic mass is 32.2. The van der Waals surface area contributed by atoms with Gasteiger partial charge in [0.15, 0.2) is 9.84 Å². The summed E-state index contributed by atoms with van der Waals surface area (Å²) in [5.41, 5.74) is 0.651. The second-order valence-electron chi connectivity index (χ2n) is 4.55. The fraction of sp³-hybridized carbons (Fsp3) is 0.462. The van der Waals surface area contributed by atoms with Crippen molar-refractivity contribution in [3.63, 3.8) is 0 Å². The van der Waals surface area contributed by atoms with Crippen molar-refractivity contribution >= 4 is 21.4 Å². The van der Waals surface area contributed by atoms with Gasteiger partial charge in [0.25, 0.3) is 0 Å². The molecule has 1 aliphatic heterocycles. The average Bonchev–Trinajstić information content (AvgIpc) is 2.73. The Labute approximate surface area is 112 Å². The highest BCUT2D eigenvalue weighted by Gasteiger charge is 2.32. The van der Waals surface area contributed by atoms with E-state index in [9.17, 15) is 13.2 Å². The summed E-state index contributed by atoms with van der Waals surface area (Å²) in [6, 6.07) is 7.02. The van der Waals surface area contributed by atoms with E-state index in [1.165, 1.54) is 0 Å². The number of amides is 1. The number of carbonyl (C=O) groups excluding carboxylic acids is 1. The Morgan fingerprint density at radius 2 is 2.05 bits per heavy atom. The van der Waals surface area contributed by atoms with E-state index >= 15 is 0 Å². The Kier molecular flexibility index (Phi) is 4.09. The van der Waals surface area contributed by atoms with E-state index in [4.69, 9.17) is 4.74 Å². The topological polar surface area (TPSA) is 72.5 Å². The summed E-state index contributed by atoms with van der Waals surface area (Å²) < 4.78 is 27.9. The monoisotopic (exact) mass is 283 g/mol. The number of sulfone groups is 1. The number of hydrogen-bond acceptors (Lipinski definition) is 4. The second-order valence-corrected chi connectivity index (χ2v) is 6.78. The Morgan fingerprint density at radius 1 is 1.37 bits per heavy atom. The predicted octanol–water partition coefficient (Wildman–Crippen LogP) is 1.46. The summed E-state index contributed by atoms with van der Waals surface area (Å²) in [4.78, 5) is 11.9. The molecule has 6 heteroatoms. The van der Waals surface area contributed by atoms with Gasteiger partial charge in [-0.05, 0) is 37.6 Å². The van der Waals surface area contributed by atoms with Gasteiger partial charge in [0, 0.05) is 5.69 Å². The molecule has 1 heterocycles. The van der Waals surface area contributed by atoms with Crippen LogP contribution in [0.2, 0.25) is 0 Å². The van der Waals surface area contributed by atoms with E-state index in [1.54, 1.807) is 24.3 Å². The van der Waals surface area contributed by atoms with Crippen molar-refractivity contribution in [1.29, 1.82) is 0 Å². The molecule has 1 aromatic rings. The highest BCUT2D eigenvalue weighted by molar-refractivity contribution is 7.91. The number of hydrogen-bond donors (Lipinski definition) is 1. The van der Waals surface area contributed by atoms with Crippen molar-refractivity contribution in [2.45, 2.75) is 13.3 Å². The zero-order valence-corrected chi connectivity index (χ0v) is 11.6. The van der Waals surface area contributed by atoms with Crippen LogP contribution in [0.1, 0.15) is 13.3 Å². The Bertz CT molecular complexity index is 551. The third kappa shape index (κ3) is 3.70. The zero-order valence-electron chi connectivity index (χ0n) is 10.8. The molecule has 0 bridgehead atoms. The predicted molar refractivity (Wildman–Crippen MR) is 73.0 cm³/mol. The molecule has 0 aliphatic carbocycles. The average molecular weight is 283 g/mol. The molecular formula is C13H17NO4S. The summed E-state index contributed by atoms with van der Waals surface area (Å²) in [7, 11) is -3.03. The molecule has 1 unspecified atom stereocenters. The normalized spacial score (nSPS) is 21.0. The van der Waals surface area contributed by atoms with Gasteiger partial charge in [0.05, 0.1) is 24.0 Å². The molecule has 2 rings (SSSR count). The largest absolute Gasteiger partial charge is 0.494 e. The van der Waals surface area contributed by atoms with E-state index < -0.39 is 15.8 Å². The molecule has 1 amide bonds. The minimum atomic E-state index is -3.03. The lowest BCUT2D eigenvalue weighted by Crippen LogP contribution is -2.23. The number of rotatable bonds is 4. The first-order chi connectivity index (χ1) is 9.00. The van der Waals surface area contributed by atoms with Crippen LogP contribution in [0.3, 0.4) is 0 Å². The number of carbonyl (C=O) groups is 1. The van der Waals surface area contributed by atoms with Crippen LogP contribution in [0.5, 0.6) is 5.75 Å². The SMILES string of the molecule is CCOc1ccc(NC(=O)C2CCS(=O)(=O)C2)cc1. The van der Waals surface area contributed by atoms with Crippen molar-refractivity contribution in [3.8, 4) is 5.75 Å². The molecule has 1 aliphatic rings. The van der Waals surface area contributed by atoms with Crippen molar-refractivity contribution in [3.05, 3.63) is 24.3 Å². The van der Waals surface area contributed by atoms with E-state index in [1.807, 2.05) is 6.92 Å². The molecule has 0 radical (unpaired) electrons. The fourth-order valence-electron chi connectivity index (χ4n) is 2.05. The van der Waals surface area contributed by atoms with Crippen molar-refractivity contribution in [2.75, 3.05) is 23.4 Å². The maximum atomic E-state index is 11.9. The standard InChI is InChI=1S/C13H17NO4S/c1-2-18-12-5-3-11(4-6-12)14-13(15)10-7-8-19(16,17)9-10/h3-6,10H,2,7-9H2,1H3,(H,14,15). The van der Waals surface area contributed by atoms with Gasteiger partial charge in [-0.1, -0.05) is 0 Å². The molecule has 0 aromatic heterocycles. The molecule has 104 valence electrons. The van der Waals surface area contributed by atoms with Gasteiger partial charge in [-0.2, -0.15) is 0 Å². The minimum Gasteiger partial charge on any atom is -0.494 e. The fourth-order valence-corrected chi connectivity index (χ4v) is 3.79. The lowest BCUT2D eigenvalue weighted by atomic mass is 10.1. The maximum absolute atomic E-state index is 11.9. The van der Waals surface area contributed by atoms with Crippen LogP contribution in [0.4, 0.5) is 5.69 Å². The highest BCUT2D eigenvalue weighted by Crippen LogP contribution is 2.21. The molecule has 1 saturated heterocycles. The van der Waals surface area contributed by atoms with Gasteiger partial charge < -0.3 is 10.1 Å². The van der Waals surface area contributed by atoms with Crippen LogP contribution in [0.25, 0.3) is 0 Å². The smallest absolute Gasteiger partial charge is 0.228 e. The number of nitrogens with one attached hydrogen (secondary N) is 1. The summed E-state index contributed by atoms with van der Waals surface area (Å²) in [5.74, 6) is 0.135. The molecule has 0 spiro atoms. The third-order valence-electron chi connectivity index (χ3n) is 3.04. The minimum absolute atomic E-state index is 0.0458. The van der Waals surface area contributed by atoms with Crippen molar-refractivity contribution in [2.24, 2.45) is 5.92 Å². The number of ether oxygens (including phenoxy) is 1. The lowest BCUT2D eigenvalue weighted by Gasteiger charge is -2.10. The first-order valence-electron chi connectivity index (χ1n) is 6.24. The van der Waals surface area contributed by atoms with E-state index in [0.29, 0.717) is 18.7 Å². The van der Waals surface area contributed by atoms with Gasteiger partial charge in [0.2, 0.25) is 5.91 Å². The summed E-state index contributed by atoms with van der Waals surface area (Å²) in [6.45, 7) is 2.49. The van der Waals surface area contributed by atoms with Gasteiger partial charge in [-0.25, -0.2) is 8.42 Å². The van der Waals surface area contributed by atoms with Crippen LogP contribution in [0.15, 0.2) is 24.3 Å². The third-order valence-corrected chi connectivity index (χ3v) is 4.80. The van der Waals surface area contributed by atoms with Crippen molar-refractivity contribution in [1.82, 2.24) is 0 Å². The van der Waals surface area contributed by atoms with Crippen LogP contribution in [0, 0.1) is 5.92 Å². The van der Waals surface area contributed by atoms with Crippen LogP contribution in [-0.2, 0) is 14.6 Å².